The van der Waals surface area contributed by atoms with E-state index in [-0.39, 0.29) is 18.4 Å². The number of halogens is 1. The first-order valence-electron chi connectivity index (χ1n) is 6.04. The zero-order valence-electron chi connectivity index (χ0n) is 10.6. The van der Waals surface area contributed by atoms with E-state index in [1.165, 1.54) is 4.90 Å². The van der Waals surface area contributed by atoms with Crippen molar-refractivity contribution in [2.75, 3.05) is 19.6 Å². The average molecular weight is 283 g/mol. The molecule has 2 rings (SSSR count). The van der Waals surface area contributed by atoms with E-state index in [1.54, 1.807) is 31.2 Å². The SMILES string of the molecule is CC(Oc1cccc(Cl)c1)C(=O)N1CCNC(=O)C1. The maximum absolute atomic E-state index is 12.1. The van der Waals surface area contributed by atoms with Crippen molar-refractivity contribution >= 4 is 23.4 Å². The molecule has 102 valence electrons. The van der Waals surface area contributed by atoms with Gasteiger partial charge in [0, 0.05) is 18.1 Å². The van der Waals surface area contributed by atoms with Gasteiger partial charge in [0.15, 0.2) is 6.10 Å². The third kappa shape index (κ3) is 3.61. The van der Waals surface area contributed by atoms with Gasteiger partial charge in [-0.1, -0.05) is 17.7 Å². The first-order chi connectivity index (χ1) is 9.06. The van der Waals surface area contributed by atoms with E-state index in [9.17, 15) is 9.59 Å². The molecule has 19 heavy (non-hydrogen) atoms. The van der Waals surface area contributed by atoms with Crippen LogP contribution in [0.1, 0.15) is 6.92 Å². The second kappa shape index (κ2) is 5.93. The van der Waals surface area contributed by atoms with Gasteiger partial charge in [-0.05, 0) is 25.1 Å². The highest BCUT2D eigenvalue weighted by molar-refractivity contribution is 6.30. The standard InChI is InChI=1S/C13H15ClN2O3/c1-9(19-11-4-2-3-10(14)7-11)13(18)16-6-5-15-12(17)8-16/h2-4,7,9H,5-6,8H2,1H3,(H,15,17). The Labute approximate surface area is 116 Å². The Hall–Kier alpha value is -1.75. The molecule has 0 aliphatic carbocycles. The summed E-state index contributed by atoms with van der Waals surface area (Å²) in [7, 11) is 0. The second-order valence-corrected chi connectivity index (χ2v) is 4.76. The Bertz CT molecular complexity index is 493. The molecular weight excluding hydrogens is 268 g/mol. The third-order valence-corrected chi connectivity index (χ3v) is 3.04. The molecule has 5 nitrogen and oxygen atoms in total. The molecule has 6 heteroatoms. The summed E-state index contributed by atoms with van der Waals surface area (Å²) >= 11 is 5.85. The molecule has 1 atom stereocenters. The molecule has 1 heterocycles. The van der Waals surface area contributed by atoms with Crippen molar-refractivity contribution in [1.82, 2.24) is 10.2 Å². The van der Waals surface area contributed by atoms with Crippen molar-refractivity contribution < 1.29 is 14.3 Å². The van der Waals surface area contributed by atoms with Crippen molar-refractivity contribution in [3.8, 4) is 5.75 Å². The highest BCUT2D eigenvalue weighted by atomic mass is 35.5. The summed E-state index contributed by atoms with van der Waals surface area (Å²) in [5, 5.41) is 3.22. The topological polar surface area (TPSA) is 58.6 Å². The monoisotopic (exact) mass is 282 g/mol. The van der Waals surface area contributed by atoms with Crippen LogP contribution in [0.5, 0.6) is 5.75 Å². The number of piperazine rings is 1. The van der Waals surface area contributed by atoms with Gasteiger partial charge in [-0.15, -0.1) is 0 Å². The van der Waals surface area contributed by atoms with Crippen LogP contribution in [-0.4, -0.2) is 42.5 Å². The Morgan fingerprint density at radius 3 is 3.00 bits per heavy atom. The normalized spacial score (nSPS) is 16.7. The van der Waals surface area contributed by atoms with Crippen LogP contribution in [0.2, 0.25) is 5.02 Å². The van der Waals surface area contributed by atoms with Gasteiger partial charge in [0.2, 0.25) is 5.91 Å². The minimum absolute atomic E-state index is 0.0854. The molecule has 1 saturated heterocycles. The number of nitrogens with zero attached hydrogens (tertiary/aromatic N) is 1. The summed E-state index contributed by atoms with van der Waals surface area (Å²) in [5.74, 6) is 0.194. The van der Waals surface area contributed by atoms with Gasteiger partial charge in [-0.2, -0.15) is 0 Å². The number of benzene rings is 1. The molecule has 0 aromatic heterocycles. The fourth-order valence-corrected chi connectivity index (χ4v) is 2.06. The maximum atomic E-state index is 12.1. The van der Waals surface area contributed by atoms with Gasteiger partial charge in [-0.25, -0.2) is 0 Å². The van der Waals surface area contributed by atoms with Crippen LogP contribution in [0.3, 0.4) is 0 Å². The Morgan fingerprint density at radius 1 is 1.53 bits per heavy atom. The van der Waals surface area contributed by atoms with Crippen LogP contribution in [0, 0.1) is 0 Å². The van der Waals surface area contributed by atoms with Crippen molar-refractivity contribution in [3.63, 3.8) is 0 Å². The number of carbonyl (C=O) groups excluding carboxylic acids is 2. The molecule has 1 unspecified atom stereocenters. The number of ether oxygens (including phenoxy) is 1. The maximum Gasteiger partial charge on any atom is 0.263 e. The van der Waals surface area contributed by atoms with E-state index in [2.05, 4.69) is 5.32 Å². The minimum Gasteiger partial charge on any atom is -0.481 e. The molecule has 1 aliphatic heterocycles. The molecule has 1 aromatic rings. The number of amides is 2. The number of hydrogen-bond donors (Lipinski definition) is 1. The first kappa shape index (κ1) is 13.7. The van der Waals surface area contributed by atoms with E-state index in [0.717, 1.165) is 0 Å². The van der Waals surface area contributed by atoms with E-state index < -0.39 is 6.10 Å². The van der Waals surface area contributed by atoms with E-state index >= 15 is 0 Å². The fraction of sp³-hybridized carbons (Fsp3) is 0.385. The third-order valence-electron chi connectivity index (χ3n) is 2.81. The Balaban J connectivity index is 1.97. The highest BCUT2D eigenvalue weighted by Gasteiger charge is 2.26. The van der Waals surface area contributed by atoms with Gasteiger partial charge < -0.3 is 15.0 Å². The minimum atomic E-state index is -0.649. The lowest BCUT2D eigenvalue weighted by molar-refractivity contribution is -0.143. The molecule has 0 radical (unpaired) electrons. The van der Waals surface area contributed by atoms with Crippen LogP contribution < -0.4 is 10.1 Å². The lowest BCUT2D eigenvalue weighted by atomic mass is 10.2. The van der Waals surface area contributed by atoms with E-state index in [1.807, 2.05) is 0 Å². The van der Waals surface area contributed by atoms with Crippen LogP contribution in [0.15, 0.2) is 24.3 Å². The van der Waals surface area contributed by atoms with Gasteiger partial charge in [0.1, 0.15) is 5.75 Å². The summed E-state index contributed by atoms with van der Waals surface area (Å²) in [6.45, 7) is 2.74. The molecule has 0 saturated carbocycles. The summed E-state index contributed by atoms with van der Waals surface area (Å²) in [5.41, 5.74) is 0. The number of carbonyl (C=O) groups is 2. The number of rotatable bonds is 3. The second-order valence-electron chi connectivity index (χ2n) is 4.33. The molecular formula is C13H15ClN2O3. The summed E-state index contributed by atoms with van der Waals surface area (Å²) in [6.07, 6.45) is -0.649. The van der Waals surface area contributed by atoms with Gasteiger partial charge in [0.25, 0.3) is 5.91 Å². The van der Waals surface area contributed by atoms with Crippen molar-refractivity contribution in [2.24, 2.45) is 0 Å². The summed E-state index contributed by atoms with van der Waals surface area (Å²) < 4.78 is 5.54. The molecule has 1 aliphatic rings. The Kier molecular flexibility index (Phi) is 4.27. The van der Waals surface area contributed by atoms with Crippen LogP contribution >= 0.6 is 11.6 Å². The summed E-state index contributed by atoms with van der Waals surface area (Å²) in [4.78, 5) is 24.9. The molecule has 0 bridgehead atoms. The average Bonchev–Trinajstić information content (AvgIpc) is 2.38. The van der Waals surface area contributed by atoms with E-state index in [4.69, 9.17) is 16.3 Å². The number of nitrogens with one attached hydrogen (secondary N) is 1. The lowest BCUT2D eigenvalue weighted by Gasteiger charge is -2.29. The van der Waals surface area contributed by atoms with Crippen LogP contribution in [-0.2, 0) is 9.59 Å². The first-order valence-corrected chi connectivity index (χ1v) is 6.42. The quantitative estimate of drug-likeness (QED) is 0.902. The van der Waals surface area contributed by atoms with Crippen LogP contribution in [0.4, 0.5) is 0 Å². The molecule has 0 spiro atoms. The zero-order valence-corrected chi connectivity index (χ0v) is 11.3. The summed E-state index contributed by atoms with van der Waals surface area (Å²) in [6, 6.07) is 6.87. The predicted octanol–water partition coefficient (Wildman–Crippen LogP) is 1.07. The van der Waals surface area contributed by atoms with Gasteiger partial charge in [0.05, 0.1) is 6.54 Å². The highest BCUT2D eigenvalue weighted by Crippen LogP contribution is 2.18. The molecule has 1 aromatic carbocycles. The fourth-order valence-electron chi connectivity index (χ4n) is 1.88. The molecule has 1 N–H and O–H groups in total. The number of hydrogen-bond acceptors (Lipinski definition) is 3. The van der Waals surface area contributed by atoms with Crippen LogP contribution in [0.25, 0.3) is 0 Å². The lowest BCUT2D eigenvalue weighted by Crippen LogP contribution is -2.53. The molecule has 2 amide bonds. The smallest absolute Gasteiger partial charge is 0.263 e. The Morgan fingerprint density at radius 2 is 2.32 bits per heavy atom. The van der Waals surface area contributed by atoms with Crippen molar-refractivity contribution in [1.29, 1.82) is 0 Å². The largest absolute Gasteiger partial charge is 0.481 e. The van der Waals surface area contributed by atoms with Gasteiger partial charge >= 0.3 is 0 Å². The van der Waals surface area contributed by atoms with Gasteiger partial charge in [-0.3, -0.25) is 9.59 Å². The predicted molar refractivity (Wildman–Crippen MR) is 71.1 cm³/mol. The zero-order chi connectivity index (χ0) is 13.8. The van der Waals surface area contributed by atoms with Crippen molar-refractivity contribution in [3.05, 3.63) is 29.3 Å². The molecule has 1 fully saturated rings. The van der Waals surface area contributed by atoms with Crippen molar-refractivity contribution in [2.45, 2.75) is 13.0 Å². The van der Waals surface area contributed by atoms with E-state index in [0.29, 0.717) is 23.9 Å².